The lowest BCUT2D eigenvalue weighted by molar-refractivity contribution is 0.602. The maximum atomic E-state index is 11.6. The van der Waals surface area contributed by atoms with E-state index in [9.17, 15) is 8.42 Å². The van der Waals surface area contributed by atoms with E-state index in [-0.39, 0.29) is 0 Å². The first-order valence-corrected chi connectivity index (χ1v) is 8.62. The number of hydrogen-bond acceptors (Lipinski definition) is 4. The average molecular weight is 271 g/mol. The molecule has 2 rings (SSSR count). The molecule has 1 N–H and O–H groups in total. The summed E-state index contributed by atoms with van der Waals surface area (Å²) in [5.41, 5.74) is 2.16. The quantitative estimate of drug-likeness (QED) is 0.853. The van der Waals surface area contributed by atoms with Crippen molar-refractivity contribution in [3.8, 4) is 0 Å². The zero-order valence-corrected chi connectivity index (χ0v) is 11.7. The van der Waals surface area contributed by atoms with Gasteiger partial charge in [0.2, 0.25) is 0 Å². The number of rotatable bonds is 1. The summed E-state index contributed by atoms with van der Waals surface area (Å²) in [7, 11) is -3.12. The van der Waals surface area contributed by atoms with Crippen LogP contribution >= 0.6 is 11.8 Å². The lowest BCUT2D eigenvalue weighted by Gasteiger charge is -2.21. The molecule has 17 heavy (non-hydrogen) atoms. The van der Waals surface area contributed by atoms with E-state index in [0.717, 1.165) is 30.0 Å². The van der Waals surface area contributed by atoms with Gasteiger partial charge in [-0.2, -0.15) is 11.8 Å². The molecule has 5 heteroatoms. The van der Waals surface area contributed by atoms with Crippen molar-refractivity contribution in [2.24, 2.45) is 0 Å². The number of sulfone groups is 1. The van der Waals surface area contributed by atoms with E-state index < -0.39 is 9.84 Å². The van der Waals surface area contributed by atoms with Gasteiger partial charge in [-0.1, -0.05) is 0 Å². The first-order chi connectivity index (χ1) is 7.98. The van der Waals surface area contributed by atoms with E-state index in [1.54, 1.807) is 12.1 Å². The highest BCUT2D eigenvalue weighted by Crippen LogP contribution is 2.36. The second kappa shape index (κ2) is 4.90. The fourth-order valence-corrected chi connectivity index (χ4v) is 3.61. The molecule has 0 saturated carbocycles. The van der Waals surface area contributed by atoms with E-state index in [1.807, 2.05) is 17.8 Å². The molecule has 0 aliphatic carbocycles. The minimum absolute atomic E-state index is 0.333. The Kier molecular flexibility index (Phi) is 3.68. The summed E-state index contributed by atoms with van der Waals surface area (Å²) in [6.45, 7) is 3.08. The Morgan fingerprint density at radius 3 is 2.88 bits per heavy atom. The largest absolute Gasteiger partial charge is 0.385 e. The Bertz CT molecular complexity index is 511. The molecule has 1 aliphatic heterocycles. The number of thioether (sulfide) groups is 1. The predicted molar refractivity (Wildman–Crippen MR) is 73.5 cm³/mol. The van der Waals surface area contributed by atoms with Crippen LogP contribution in [0.1, 0.15) is 24.2 Å². The monoisotopic (exact) mass is 271 g/mol. The van der Waals surface area contributed by atoms with Gasteiger partial charge in [-0.15, -0.1) is 0 Å². The number of benzene rings is 1. The van der Waals surface area contributed by atoms with Gasteiger partial charge in [-0.05, 0) is 42.9 Å². The first-order valence-electron chi connectivity index (χ1n) is 5.68. The van der Waals surface area contributed by atoms with Gasteiger partial charge in [0, 0.05) is 23.7 Å². The van der Waals surface area contributed by atoms with Gasteiger partial charge in [0.05, 0.1) is 4.90 Å². The molecular weight excluding hydrogens is 254 g/mol. The molecule has 94 valence electrons. The average Bonchev–Trinajstić information content (AvgIpc) is 2.24. The highest BCUT2D eigenvalue weighted by molar-refractivity contribution is 7.99. The van der Waals surface area contributed by atoms with Crippen molar-refractivity contribution >= 4 is 27.3 Å². The third-order valence-corrected chi connectivity index (χ3v) is 5.28. The van der Waals surface area contributed by atoms with Crippen LogP contribution in [-0.4, -0.2) is 27.0 Å². The van der Waals surface area contributed by atoms with Gasteiger partial charge in [0.1, 0.15) is 0 Å². The van der Waals surface area contributed by atoms with Crippen molar-refractivity contribution in [3.05, 3.63) is 23.8 Å². The highest BCUT2D eigenvalue weighted by atomic mass is 32.2. The van der Waals surface area contributed by atoms with Gasteiger partial charge >= 0.3 is 0 Å². The van der Waals surface area contributed by atoms with Gasteiger partial charge in [0.15, 0.2) is 9.84 Å². The lowest BCUT2D eigenvalue weighted by Crippen LogP contribution is -2.10. The Morgan fingerprint density at radius 2 is 2.18 bits per heavy atom. The van der Waals surface area contributed by atoms with Crippen molar-refractivity contribution in [2.75, 3.05) is 23.9 Å². The minimum atomic E-state index is -3.12. The molecule has 0 radical (unpaired) electrons. The summed E-state index contributed by atoms with van der Waals surface area (Å²) in [5, 5.41) is 3.70. The predicted octanol–water partition coefficient (Wildman–Crippen LogP) is 2.70. The molecule has 1 heterocycles. The Hall–Kier alpha value is -0.680. The normalized spacial score (nSPS) is 20.9. The van der Waals surface area contributed by atoms with Crippen LogP contribution in [0.4, 0.5) is 5.69 Å². The van der Waals surface area contributed by atoms with Gasteiger partial charge < -0.3 is 5.32 Å². The Labute approximate surface area is 107 Å². The molecule has 0 spiro atoms. The molecule has 0 aromatic heterocycles. The summed E-state index contributed by atoms with van der Waals surface area (Å²) < 4.78 is 23.1. The Morgan fingerprint density at radius 1 is 1.41 bits per heavy atom. The van der Waals surface area contributed by atoms with Crippen LogP contribution in [0, 0.1) is 0 Å². The topological polar surface area (TPSA) is 46.2 Å². The summed E-state index contributed by atoms with van der Waals surface area (Å²) in [4.78, 5) is 0.408. The number of fused-ring (bicyclic) bond motifs is 1. The zero-order valence-electron chi connectivity index (χ0n) is 10.1. The molecule has 0 amide bonds. The number of nitrogens with one attached hydrogen (secondary N) is 1. The van der Waals surface area contributed by atoms with Crippen molar-refractivity contribution in [1.82, 2.24) is 0 Å². The number of hydrogen-bond donors (Lipinski definition) is 1. The van der Waals surface area contributed by atoms with Crippen molar-refractivity contribution in [3.63, 3.8) is 0 Å². The van der Waals surface area contributed by atoms with Crippen molar-refractivity contribution < 1.29 is 8.42 Å². The van der Waals surface area contributed by atoms with E-state index >= 15 is 0 Å². The molecule has 0 saturated heterocycles. The molecule has 1 aromatic rings. The smallest absolute Gasteiger partial charge is 0.175 e. The van der Waals surface area contributed by atoms with Crippen molar-refractivity contribution in [2.45, 2.75) is 23.5 Å². The van der Waals surface area contributed by atoms with Crippen LogP contribution in [-0.2, 0) is 9.84 Å². The summed E-state index contributed by atoms with van der Waals surface area (Å²) in [6.07, 6.45) is 2.39. The summed E-state index contributed by atoms with van der Waals surface area (Å²) >= 11 is 1.88. The van der Waals surface area contributed by atoms with Gasteiger partial charge in [0.25, 0.3) is 0 Å². The maximum Gasteiger partial charge on any atom is 0.175 e. The second-order valence-electron chi connectivity index (χ2n) is 4.31. The third kappa shape index (κ3) is 2.96. The highest BCUT2D eigenvalue weighted by Gasteiger charge is 2.17. The molecule has 1 unspecified atom stereocenters. The molecule has 1 aromatic carbocycles. The molecule has 3 nitrogen and oxygen atoms in total. The van der Waals surface area contributed by atoms with E-state index in [4.69, 9.17) is 0 Å². The van der Waals surface area contributed by atoms with E-state index in [2.05, 4.69) is 12.2 Å². The van der Waals surface area contributed by atoms with E-state index in [0.29, 0.717) is 10.1 Å². The molecular formula is C12H17NO2S2. The zero-order chi connectivity index (χ0) is 12.5. The van der Waals surface area contributed by atoms with Gasteiger partial charge in [-0.25, -0.2) is 8.42 Å². The van der Waals surface area contributed by atoms with Crippen LogP contribution in [0.5, 0.6) is 0 Å². The molecule has 1 atom stereocenters. The fraction of sp³-hybridized carbons (Fsp3) is 0.500. The third-order valence-electron chi connectivity index (χ3n) is 2.89. The molecule has 0 fully saturated rings. The summed E-state index contributed by atoms with van der Waals surface area (Å²) in [6, 6.07) is 5.37. The minimum Gasteiger partial charge on any atom is -0.385 e. The standard InChI is InChI=1S/C12H17NO2S2/c1-9-11-8-10(17(2,14)15)4-5-12(11)13-6-3-7-16-9/h4-5,8-9,13H,3,6-7H2,1-2H3. The molecule has 1 aliphatic rings. The van der Waals surface area contributed by atoms with Gasteiger partial charge in [-0.3, -0.25) is 0 Å². The van der Waals surface area contributed by atoms with Crippen LogP contribution in [0.3, 0.4) is 0 Å². The molecule has 0 bridgehead atoms. The first kappa shape index (κ1) is 12.8. The fourth-order valence-electron chi connectivity index (χ4n) is 1.91. The van der Waals surface area contributed by atoms with E-state index in [1.165, 1.54) is 6.26 Å². The van der Waals surface area contributed by atoms with Crippen LogP contribution in [0.15, 0.2) is 23.1 Å². The van der Waals surface area contributed by atoms with Crippen LogP contribution in [0.2, 0.25) is 0 Å². The lowest BCUT2D eigenvalue weighted by atomic mass is 10.1. The maximum absolute atomic E-state index is 11.6. The second-order valence-corrected chi connectivity index (χ2v) is 7.78. The van der Waals surface area contributed by atoms with Crippen LogP contribution < -0.4 is 5.32 Å². The van der Waals surface area contributed by atoms with Crippen molar-refractivity contribution in [1.29, 1.82) is 0 Å². The van der Waals surface area contributed by atoms with Crippen LogP contribution in [0.25, 0.3) is 0 Å². The number of anilines is 1. The SMILES string of the molecule is CC1SCCCNc2ccc(S(C)(=O)=O)cc21. The summed E-state index contributed by atoms with van der Waals surface area (Å²) in [5.74, 6) is 1.11. The Balaban J connectivity index is 2.47.